The number of furan rings is 1. The third-order valence-corrected chi connectivity index (χ3v) is 4.18. The van der Waals surface area contributed by atoms with Crippen molar-refractivity contribution in [3.05, 3.63) is 17.6 Å². The fraction of sp³-hybridized carbons (Fsp3) is 0.545. The highest BCUT2D eigenvalue weighted by Gasteiger charge is 2.31. The summed E-state index contributed by atoms with van der Waals surface area (Å²) >= 11 is 0. The van der Waals surface area contributed by atoms with Crippen LogP contribution < -0.4 is 10.5 Å². The highest BCUT2D eigenvalue weighted by Crippen LogP contribution is 2.24. The topological polar surface area (TPSA) is 112 Å². The average molecular weight is 288 g/mol. The zero-order valence-corrected chi connectivity index (χ0v) is 11.5. The van der Waals surface area contributed by atoms with Gasteiger partial charge in [0.25, 0.3) is 5.91 Å². The molecule has 19 heavy (non-hydrogen) atoms. The normalized spacial score (nSPS) is 22.9. The van der Waals surface area contributed by atoms with E-state index in [1.165, 1.54) is 6.92 Å². The number of rotatable bonds is 4. The van der Waals surface area contributed by atoms with E-state index in [0.717, 1.165) is 18.9 Å². The molecule has 0 unspecified atom stereocenters. The molecule has 1 saturated carbocycles. The number of primary sulfonamides is 1. The molecule has 1 aromatic heterocycles. The molecular formula is C11H16N2O5S. The largest absolute Gasteiger partial charge is 0.455 e. The molecule has 0 radical (unpaired) electrons. The molecule has 1 heterocycles. The van der Waals surface area contributed by atoms with Crippen molar-refractivity contribution in [1.29, 1.82) is 0 Å². The molecule has 0 bridgehead atoms. The lowest BCUT2D eigenvalue weighted by Crippen LogP contribution is -2.47. The summed E-state index contributed by atoms with van der Waals surface area (Å²) in [7, 11) is -2.25. The van der Waals surface area contributed by atoms with Crippen LogP contribution in [-0.2, 0) is 14.8 Å². The Morgan fingerprint density at radius 3 is 2.63 bits per heavy atom. The number of amides is 1. The van der Waals surface area contributed by atoms with Crippen molar-refractivity contribution in [2.45, 2.75) is 36.8 Å². The minimum Gasteiger partial charge on any atom is -0.455 e. The van der Waals surface area contributed by atoms with E-state index < -0.39 is 15.9 Å². The van der Waals surface area contributed by atoms with Crippen molar-refractivity contribution in [3.8, 4) is 0 Å². The number of sulfonamides is 1. The zero-order valence-electron chi connectivity index (χ0n) is 10.7. The predicted octanol–water partition coefficient (Wildman–Crippen LogP) is 0.143. The standard InChI is InChI=1S/C11H16N2O5S/c1-6-10(19(12,15)16)5-9(18-6)11(14)13-7-3-8(4-7)17-2/h5,7-8H,3-4H2,1-2H3,(H,13,14)(H2,12,15,16). The van der Waals surface area contributed by atoms with E-state index in [1.54, 1.807) is 7.11 Å². The van der Waals surface area contributed by atoms with Crippen molar-refractivity contribution in [2.75, 3.05) is 7.11 Å². The van der Waals surface area contributed by atoms with Gasteiger partial charge in [-0.2, -0.15) is 0 Å². The fourth-order valence-corrected chi connectivity index (χ4v) is 2.71. The molecule has 7 nitrogen and oxygen atoms in total. The first-order valence-electron chi connectivity index (χ1n) is 5.78. The van der Waals surface area contributed by atoms with Crippen LogP contribution in [0.5, 0.6) is 0 Å². The summed E-state index contributed by atoms with van der Waals surface area (Å²) in [5, 5.41) is 7.75. The predicted molar refractivity (Wildman–Crippen MR) is 66.1 cm³/mol. The van der Waals surface area contributed by atoms with Gasteiger partial charge in [-0.05, 0) is 19.8 Å². The monoisotopic (exact) mass is 288 g/mol. The number of carbonyl (C=O) groups excluding carboxylic acids is 1. The third-order valence-electron chi connectivity index (χ3n) is 3.17. The second-order valence-electron chi connectivity index (χ2n) is 4.58. The summed E-state index contributed by atoms with van der Waals surface area (Å²) in [6.07, 6.45) is 1.65. The first-order valence-corrected chi connectivity index (χ1v) is 7.32. The Hall–Kier alpha value is -1.38. The molecule has 106 valence electrons. The van der Waals surface area contributed by atoms with Gasteiger partial charge in [0.15, 0.2) is 5.76 Å². The van der Waals surface area contributed by atoms with Crippen LogP contribution in [0.2, 0.25) is 0 Å². The first-order chi connectivity index (χ1) is 8.81. The Morgan fingerprint density at radius 1 is 1.53 bits per heavy atom. The number of carbonyl (C=O) groups is 1. The van der Waals surface area contributed by atoms with Gasteiger partial charge < -0.3 is 14.5 Å². The number of nitrogens with two attached hydrogens (primary N) is 1. The Balaban J connectivity index is 2.05. The highest BCUT2D eigenvalue weighted by molar-refractivity contribution is 7.89. The number of hydrogen-bond donors (Lipinski definition) is 2. The maximum Gasteiger partial charge on any atom is 0.287 e. The van der Waals surface area contributed by atoms with E-state index in [9.17, 15) is 13.2 Å². The second kappa shape index (κ2) is 4.95. The molecule has 2 rings (SSSR count). The molecule has 1 amide bonds. The van der Waals surface area contributed by atoms with Crippen LogP contribution in [0.15, 0.2) is 15.4 Å². The fourth-order valence-electron chi connectivity index (χ4n) is 1.99. The van der Waals surface area contributed by atoms with Crippen molar-refractivity contribution in [3.63, 3.8) is 0 Å². The van der Waals surface area contributed by atoms with E-state index in [-0.39, 0.29) is 28.6 Å². The van der Waals surface area contributed by atoms with Gasteiger partial charge in [0.2, 0.25) is 10.0 Å². The van der Waals surface area contributed by atoms with Gasteiger partial charge in [-0.1, -0.05) is 0 Å². The molecule has 0 atom stereocenters. The maximum atomic E-state index is 11.9. The summed E-state index contributed by atoms with van der Waals surface area (Å²) < 4.78 is 32.7. The molecule has 8 heteroatoms. The first kappa shape index (κ1) is 14.0. The molecular weight excluding hydrogens is 272 g/mol. The van der Waals surface area contributed by atoms with E-state index in [2.05, 4.69) is 5.32 Å². The lowest BCUT2D eigenvalue weighted by atomic mass is 9.89. The van der Waals surface area contributed by atoms with Gasteiger partial charge in [-0.25, -0.2) is 13.6 Å². The Morgan fingerprint density at radius 2 is 2.16 bits per heavy atom. The minimum atomic E-state index is -3.87. The zero-order chi connectivity index (χ0) is 14.2. The molecule has 0 saturated heterocycles. The summed E-state index contributed by atoms with van der Waals surface area (Å²) in [4.78, 5) is 11.7. The maximum absolute atomic E-state index is 11.9. The quantitative estimate of drug-likeness (QED) is 0.818. The van der Waals surface area contributed by atoms with E-state index in [1.807, 2.05) is 0 Å². The van der Waals surface area contributed by atoms with E-state index >= 15 is 0 Å². The molecule has 3 N–H and O–H groups in total. The van der Waals surface area contributed by atoms with Gasteiger partial charge in [-0.15, -0.1) is 0 Å². The smallest absolute Gasteiger partial charge is 0.287 e. The molecule has 1 fully saturated rings. The highest BCUT2D eigenvalue weighted by atomic mass is 32.2. The third kappa shape index (κ3) is 2.96. The van der Waals surface area contributed by atoms with Crippen LogP contribution in [-0.4, -0.2) is 33.6 Å². The number of ether oxygens (including phenoxy) is 1. The van der Waals surface area contributed by atoms with Crippen LogP contribution in [0.1, 0.15) is 29.2 Å². The summed E-state index contributed by atoms with van der Waals surface area (Å²) in [5.41, 5.74) is 0. The molecule has 0 aliphatic heterocycles. The lowest BCUT2D eigenvalue weighted by Gasteiger charge is -2.34. The van der Waals surface area contributed by atoms with Crippen molar-refractivity contribution < 1.29 is 22.4 Å². The summed E-state index contributed by atoms with van der Waals surface area (Å²) in [5.74, 6) is -0.393. The molecule has 0 spiro atoms. The van der Waals surface area contributed by atoms with Crippen LogP contribution in [0, 0.1) is 6.92 Å². The van der Waals surface area contributed by atoms with Crippen LogP contribution in [0.3, 0.4) is 0 Å². The van der Waals surface area contributed by atoms with Gasteiger partial charge >= 0.3 is 0 Å². The van der Waals surface area contributed by atoms with Crippen molar-refractivity contribution in [1.82, 2.24) is 5.32 Å². The van der Waals surface area contributed by atoms with E-state index in [0.29, 0.717) is 0 Å². The van der Waals surface area contributed by atoms with Crippen molar-refractivity contribution >= 4 is 15.9 Å². The second-order valence-corrected chi connectivity index (χ2v) is 6.11. The number of nitrogens with one attached hydrogen (secondary N) is 1. The average Bonchev–Trinajstić information content (AvgIpc) is 2.64. The SMILES string of the molecule is COC1CC(NC(=O)c2cc(S(N)(=O)=O)c(C)o2)C1. The summed E-state index contributed by atoms with van der Waals surface area (Å²) in [6, 6.07) is 1.17. The van der Waals surface area contributed by atoms with Crippen LogP contribution in [0.4, 0.5) is 0 Å². The number of methoxy groups -OCH3 is 1. The van der Waals surface area contributed by atoms with Crippen molar-refractivity contribution in [2.24, 2.45) is 5.14 Å². The van der Waals surface area contributed by atoms with Gasteiger partial charge in [0, 0.05) is 19.2 Å². The van der Waals surface area contributed by atoms with Gasteiger partial charge in [-0.3, -0.25) is 4.79 Å². The molecule has 1 aliphatic rings. The number of aryl methyl sites for hydroxylation is 1. The van der Waals surface area contributed by atoms with Crippen LogP contribution >= 0.6 is 0 Å². The Bertz CT molecular complexity index is 586. The van der Waals surface area contributed by atoms with Gasteiger partial charge in [0.1, 0.15) is 10.7 Å². The Kier molecular flexibility index (Phi) is 3.66. The molecule has 0 aromatic carbocycles. The number of hydrogen-bond acceptors (Lipinski definition) is 5. The molecule has 1 aromatic rings. The van der Waals surface area contributed by atoms with E-state index in [4.69, 9.17) is 14.3 Å². The van der Waals surface area contributed by atoms with Crippen LogP contribution in [0.25, 0.3) is 0 Å². The lowest BCUT2D eigenvalue weighted by molar-refractivity contribution is 0.0172. The van der Waals surface area contributed by atoms with Gasteiger partial charge in [0.05, 0.1) is 6.10 Å². The Labute approximate surface area is 111 Å². The summed E-state index contributed by atoms with van der Waals surface area (Å²) in [6.45, 7) is 1.45. The minimum absolute atomic E-state index is 0.0285. The molecule has 1 aliphatic carbocycles.